The van der Waals surface area contributed by atoms with Crippen molar-refractivity contribution in [2.75, 3.05) is 11.5 Å². The lowest BCUT2D eigenvalue weighted by Gasteiger charge is -2.16. The van der Waals surface area contributed by atoms with Crippen LogP contribution in [0.5, 0.6) is 0 Å². The van der Waals surface area contributed by atoms with Gasteiger partial charge in [-0.1, -0.05) is 19.1 Å². The molecule has 1 aliphatic carbocycles. The van der Waals surface area contributed by atoms with E-state index in [0.29, 0.717) is 17.0 Å². The molecule has 0 saturated heterocycles. The summed E-state index contributed by atoms with van der Waals surface area (Å²) in [6.45, 7) is 3.29. The Morgan fingerprint density at radius 2 is 2.18 bits per heavy atom. The number of aromatic nitrogens is 1. The highest BCUT2D eigenvalue weighted by molar-refractivity contribution is 7.95. The number of allylic oxidation sites excluding steroid dienone is 4. The van der Waals surface area contributed by atoms with E-state index in [1.54, 1.807) is 49.7 Å². The molecular weight excluding hydrogens is 478 g/mol. The zero-order valence-corrected chi connectivity index (χ0v) is 20.5. The molecule has 0 aliphatic heterocycles. The van der Waals surface area contributed by atoms with Crippen molar-refractivity contribution in [2.45, 2.75) is 31.7 Å². The standard InChI is InChI=1S/C23H27N3O6S2/c1-3-6-18(15-26-23(27)21-13-17-9-10-24-16-22(17)32-21)25-11-12-34(30,31)20-8-5-7-19(14-20)33(28,29)4-2/h3,5-7,9-11,13-16,20,23,26-27H,4,8,12H2,1-2H3/b6-3-,18-15+,25-11?. The largest absolute Gasteiger partial charge is 0.455 e. The quantitative estimate of drug-likeness (QED) is 0.285. The number of furan rings is 1. The van der Waals surface area contributed by atoms with E-state index in [4.69, 9.17) is 4.42 Å². The lowest BCUT2D eigenvalue weighted by atomic mass is 10.2. The highest BCUT2D eigenvalue weighted by Gasteiger charge is 2.27. The zero-order valence-electron chi connectivity index (χ0n) is 18.8. The minimum absolute atomic E-state index is 0.0285. The third-order valence-electron chi connectivity index (χ3n) is 5.09. The fraction of sp³-hybridized carbons (Fsp3) is 0.304. The summed E-state index contributed by atoms with van der Waals surface area (Å²) < 4.78 is 55.2. The van der Waals surface area contributed by atoms with Crippen LogP contribution in [0.15, 0.2) is 81.1 Å². The molecule has 2 atom stereocenters. The number of fused-ring (bicyclic) bond motifs is 1. The number of hydrogen-bond donors (Lipinski definition) is 2. The van der Waals surface area contributed by atoms with Crippen LogP contribution in [-0.4, -0.2) is 49.9 Å². The number of aliphatic hydroxyl groups excluding tert-OH is 1. The molecule has 0 bridgehead atoms. The van der Waals surface area contributed by atoms with Gasteiger partial charge in [0.25, 0.3) is 0 Å². The molecule has 1 aliphatic rings. The average Bonchev–Trinajstić information content (AvgIpc) is 3.27. The summed E-state index contributed by atoms with van der Waals surface area (Å²) in [7, 11) is -7.16. The van der Waals surface area contributed by atoms with Crippen LogP contribution in [0, 0.1) is 0 Å². The Kier molecular flexibility index (Phi) is 8.24. The van der Waals surface area contributed by atoms with E-state index in [2.05, 4.69) is 15.3 Å². The number of aliphatic hydroxyl groups is 1. The van der Waals surface area contributed by atoms with Crippen LogP contribution >= 0.6 is 0 Å². The van der Waals surface area contributed by atoms with Gasteiger partial charge in [-0.25, -0.2) is 16.8 Å². The normalized spacial score (nSPS) is 18.6. The first kappa shape index (κ1) is 25.6. The lowest BCUT2D eigenvalue weighted by Crippen LogP contribution is -2.25. The van der Waals surface area contributed by atoms with Gasteiger partial charge in [0.1, 0.15) is 0 Å². The topological polar surface area (TPSA) is 139 Å². The Hall–Kier alpha value is -3.02. The van der Waals surface area contributed by atoms with Crippen molar-refractivity contribution < 1.29 is 26.4 Å². The smallest absolute Gasteiger partial charge is 0.183 e. The van der Waals surface area contributed by atoms with Crippen molar-refractivity contribution in [3.63, 3.8) is 0 Å². The van der Waals surface area contributed by atoms with Gasteiger partial charge >= 0.3 is 0 Å². The molecule has 0 saturated carbocycles. The van der Waals surface area contributed by atoms with E-state index >= 15 is 0 Å². The van der Waals surface area contributed by atoms with Crippen LogP contribution in [0.25, 0.3) is 11.0 Å². The van der Waals surface area contributed by atoms with Gasteiger partial charge in [-0.2, -0.15) is 0 Å². The minimum Gasteiger partial charge on any atom is -0.455 e. The maximum Gasteiger partial charge on any atom is 0.183 e. The van der Waals surface area contributed by atoms with Crippen LogP contribution in [0.2, 0.25) is 0 Å². The Morgan fingerprint density at radius 3 is 2.88 bits per heavy atom. The SMILES string of the molecule is C/C=C\C(=C/NC(O)c1cc2ccncc2o1)N=CCS(=O)(=O)C1C=C(S(=O)(=O)CC)C=CC1. The van der Waals surface area contributed by atoms with E-state index in [9.17, 15) is 21.9 Å². The van der Waals surface area contributed by atoms with Crippen LogP contribution < -0.4 is 5.32 Å². The van der Waals surface area contributed by atoms with Crippen LogP contribution in [0.4, 0.5) is 0 Å². The van der Waals surface area contributed by atoms with Gasteiger partial charge in [0.15, 0.2) is 37.2 Å². The van der Waals surface area contributed by atoms with Gasteiger partial charge in [-0.15, -0.1) is 0 Å². The number of pyridine rings is 1. The lowest BCUT2D eigenvalue weighted by molar-refractivity contribution is 0.131. The third kappa shape index (κ3) is 6.31. The summed E-state index contributed by atoms with van der Waals surface area (Å²) in [5, 5.41) is 13.0. The zero-order chi connectivity index (χ0) is 24.8. The number of sulfone groups is 2. The summed E-state index contributed by atoms with van der Waals surface area (Å²) >= 11 is 0. The van der Waals surface area contributed by atoms with Crippen molar-refractivity contribution in [1.29, 1.82) is 0 Å². The predicted molar refractivity (Wildman–Crippen MR) is 132 cm³/mol. The number of aliphatic imine (C=N–C) groups is 1. The van der Waals surface area contributed by atoms with Crippen molar-refractivity contribution in [3.05, 3.63) is 77.5 Å². The third-order valence-corrected chi connectivity index (χ3v) is 8.70. The summed E-state index contributed by atoms with van der Waals surface area (Å²) in [5.74, 6) is -0.172. The van der Waals surface area contributed by atoms with Crippen LogP contribution in [-0.2, 0) is 19.7 Å². The van der Waals surface area contributed by atoms with E-state index in [-0.39, 0.29) is 22.8 Å². The minimum atomic E-state index is -3.67. The first-order chi connectivity index (χ1) is 16.2. The molecule has 2 aromatic heterocycles. The molecule has 182 valence electrons. The van der Waals surface area contributed by atoms with Gasteiger partial charge in [-0.3, -0.25) is 9.98 Å². The Balaban J connectivity index is 1.68. The van der Waals surface area contributed by atoms with Crippen molar-refractivity contribution in [2.24, 2.45) is 4.99 Å². The van der Waals surface area contributed by atoms with Crippen molar-refractivity contribution in [1.82, 2.24) is 10.3 Å². The summed E-state index contributed by atoms with van der Waals surface area (Å²) in [4.78, 5) is 8.18. The molecule has 2 N–H and O–H groups in total. The Labute approximate surface area is 199 Å². The van der Waals surface area contributed by atoms with Crippen LogP contribution in [0.3, 0.4) is 0 Å². The highest BCUT2D eigenvalue weighted by Crippen LogP contribution is 2.23. The molecule has 0 fully saturated rings. The predicted octanol–water partition coefficient (Wildman–Crippen LogP) is 2.96. The second-order valence-electron chi connectivity index (χ2n) is 7.49. The number of hydrogen-bond acceptors (Lipinski definition) is 9. The summed E-state index contributed by atoms with van der Waals surface area (Å²) in [6, 6.07) is 3.45. The van der Waals surface area contributed by atoms with Gasteiger partial charge in [0.05, 0.1) is 33.6 Å². The second-order valence-corrected chi connectivity index (χ2v) is 12.0. The number of nitrogens with one attached hydrogen (secondary N) is 1. The molecule has 0 spiro atoms. The second kappa shape index (κ2) is 10.9. The maximum atomic E-state index is 12.7. The van der Waals surface area contributed by atoms with E-state index in [1.807, 2.05) is 0 Å². The van der Waals surface area contributed by atoms with Crippen molar-refractivity contribution >= 4 is 36.9 Å². The summed E-state index contributed by atoms with van der Waals surface area (Å²) in [5.41, 5.74) is 0.920. The molecule has 11 heteroatoms. The molecule has 0 radical (unpaired) electrons. The first-order valence-corrected chi connectivity index (χ1v) is 14.0. The molecule has 34 heavy (non-hydrogen) atoms. The molecule has 2 heterocycles. The van der Waals surface area contributed by atoms with Gasteiger partial charge in [0, 0.05) is 24.0 Å². The van der Waals surface area contributed by atoms with Crippen molar-refractivity contribution in [3.8, 4) is 0 Å². The average molecular weight is 506 g/mol. The number of nitrogens with zero attached hydrogens (tertiary/aromatic N) is 2. The Morgan fingerprint density at radius 1 is 1.38 bits per heavy atom. The molecule has 3 rings (SSSR count). The Bertz CT molecular complexity index is 1350. The molecule has 0 amide bonds. The highest BCUT2D eigenvalue weighted by atomic mass is 32.2. The molecule has 9 nitrogen and oxygen atoms in total. The first-order valence-electron chi connectivity index (χ1n) is 10.6. The fourth-order valence-electron chi connectivity index (χ4n) is 3.20. The fourth-order valence-corrected chi connectivity index (χ4v) is 5.59. The van der Waals surface area contributed by atoms with Crippen LogP contribution in [0.1, 0.15) is 32.3 Å². The van der Waals surface area contributed by atoms with Gasteiger partial charge in [0.2, 0.25) is 0 Å². The molecule has 2 unspecified atom stereocenters. The van der Waals surface area contributed by atoms with E-state index < -0.39 is 31.2 Å². The van der Waals surface area contributed by atoms with Gasteiger partial charge in [-0.05, 0) is 43.7 Å². The molecule has 2 aromatic rings. The monoisotopic (exact) mass is 505 g/mol. The molecule has 0 aromatic carbocycles. The summed E-state index contributed by atoms with van der Waals surface area (Å²) in [6.07, 6.45) is 12.6. The maximum absolute atomic E-state index is 12.7. The number of rotatable bonds is 10. The van der Waals surface area contributed by atoms with E-state index in [1.165, 1.54) is 31.5 Å². The van der Waals surface area contributed by atoms with E-state index in [0.717, 1.165) is 5.39 Å². The van der Waals surface area contributed by atoms with Gasteiger partial charge < -0.3 is 14.8 Å². The molecular formula is C23H27N3O6S2.